The average Bonchev–Trinajstić information content (AvgIpc) is 3.29. The van der Waals surface area contributed by atoms with Crippen molar-refractivity contribution in [2.45, 2.75) is 31.9 Å². The topological polar surface area (TPSA) is 224 Å². The Morgan fingerprint density at radius 3 is 2.38 bits per heavy atom. The van der Waals surface area contributed by atoms with Gasteiger partial charge in [0.25, 0.3) is 0 Å². The van der Waals surface area contributed by atoms with Gasteiger partial charge >= 0.3 is 15.2 Å². The van der Waals surface area contributed by atoms with E-state index in [4.69, 9.17) is 14.3 Å². The first-order valence-electron chi connectivity index (χ1n) is 11.6. The Kier molecular flexibility index (Phi) is 9.99. The number of imidazole rings is 1. The number of hydrogen-bond acceptors (Lipinski definition) is 11. The molecule has 3 rings (SSSR count). The van der Waals surface area contributed by atoms with Gasteiger partial charge in [-0.1, -0.05) is 36.4 Å². The molecule has 1 aromatic carbocycles. The highest BCUT2D eigenvalue weighted by Gasteiger charge is 2.34. The van der Waals surface area contributed by atoms with Crippen LogP contribution in [0.25, 0.3) is 11.2 Å². The third-order valence-electron chi connectivity index (χ3n) is 5.57. The first-order valence-corrected chi connectivity index (χ1v) is 15.2. The van der Waals surface area contributed by atoms with Crippen LogP contribution in [-0.2, 0) is 20.2 Å². The molecular formula is C22H32N6O9P2. The number of rotatable bonds is 13. The highest BCUT2D eigenvalue weighted by Crippen LogP contribution is 2.55. The molecule has 0 radical (unpaired) electrons. The summed E-state index contributed by atoms with van der Waals surface area (Å²) in [7, 11) is -6.11. The van der Waals surface area contributed by atoms with Crippen LogP contribution in [0.2, 0.25) is 0 Å². The fourth-order valence-corrected chi connectivity index (χ4v) is 6.08. The average molecular weight is 586 g/mol. The van der Waals surface area contributed by atoms with E-state index in [1.807, 2.05) is 30.3 Å². The minimum atomic E-state index is -4.85. The van der Waals surface area contributed by atoms with Crippen molar-refractivity contribution in [1.82, 2.24) is 19.5 Å². The molecule has 3 aromatic rings. The summed E-state index contributed by atoms with van der Waals surface area (Å²) in [6.07, 6.45) is -2.94. The van der Waals surface area contributed by atoms with Gasteiger partial charge in [0.15, 0.2) is 29.1 Å². The lowest BCUT2D eigenvalue weighted by atomic mass is 10.0. The second-order valence-electron chi connectivity index (χ2n) is 8.86. The maximum Gasteiger partial charge on any atom is 0.340 e. The molecule has 0 aliphatic carbocycles. The number of nitrogens with one attached hydrogen (secondary N) is 1. The number of anilines is 2. The van der Waals surface area contributed by atoms with Crippen molar-refractivity contribution in [1.29, 1.82) is 0 Å². The van der Waals surface area contributed by atoms with E-state index in [2.05, 4.69) is 20.3 Å². The van der Waals surface area contributed by atoms with Crippen LogP contribution in [0.1, 0.15) is 18.7 Å². The Bertz CT molecular complexity index is 1400. The normalized spacial score (nSPS) is 16.5. The molecule has 0 aliphatic heterocycles. The molecule has 0 saturated heterocycles. The minimum Gasteiger partial charge on any atom is -0.386 e. The first kappa shape index (κ1) is 30.8. The summed E-state index contributed by atoms with van der Waals surface area (Å²) in [5, 5.41) is 35.6. The predicted molar refractivity (Wildman–Crippen MR) is 143 cm³/mol. The summed E-state index contributed by atoms with van der Waals surface area (Å²) in [4.78, 5) is 42.4. The number of aliphatic hydroxyl groups is 3. The molecule has 15 nitrogen and oxygen atoms in total. The molecule has 2 aromatic heterocycles. The molecule has 2 heterocycles. The summed E-state index contributed by atoms with van der Waals surface area (Å²) in [5.41, 5.74) is 1.33. The molecule has 0 saturated carbocycles. The summed E-state index contributed by atoms with van der Waals surface area (Å²) in [6, 6.07) is 9.56. The summed E-state index contributed by atoms with van der Waals surface area (Å²) < 4.78 is 28.9. The van der Waals surface area contributed by atoms with Crippen LogP contribution < -0.4 is 10.2 Å². The van der Waals surface area contributed by atoms with Crippen LogP contribution in [0, 0.1) is 0 Å². The summed E-state index contributed by atoms with van der Waals surface area (Å²) in [5.74, 6) is -0.749. The minimum absolute atomic E-state index is 0.111. The van der Waals surface area contributed by atoms with Gasteiger partial charge in [0.1, 0.15) is 12.2 Å². The number of allylic oxidation sites excluding steroid dienone is 1. The first-order chi connectivity index (χ1) is 18.2. The largest absolute Gasteiger partial charge is 0.386 e. The predicted octanol–water partition coefficient (Wildman–Crippen LogP) is 1.00. The molecule has 0 amide bonds. The standard InChI is InChI=1S/C22H32N6O9P2/c1-4-15(11-37-39(35,36)13-38(32,33)34)17(29)18(30)21(31)28-12-24-16-19(23-10-14-8-6-5-7-9-14)25-22(27(2)3)26-20(16)28/h4-9,12,17-18,21,29-31H,10-11,13H2,1-3H3,(H,35,36)(H,23,25,26)(H2,32,33,34)/b15-4-/t17-,18-,21-/m1/s1. The molecule has 0 bridgehead atoms. The molecule has 17 heteroatoms. The Hall–Kier alpha value is -2.71. The zero-order chi connectivity index (χ0) is 29.0. The SMILES string of the molecule is C/C=C(/COP(=O)(O)CP(=O)(O)O)[C@@H](O)[C@@H](O)[C@@H](O)n1cnc2c(NCc3ccccc3)nc(N(C)C)nc21. The number of aliphatic hydroxyl groups excluding tert-OH is 3. The fraction of sp³-hybridized carbons (Fsp3) is 0.409. The van der Waals surface area contributed by atoms with E-state index in [-0.39, 0.29) is 17.2 Å². The van der Waals surface area contributed by atoms with Gasteiger partial charge < -0.3 is 44.7 Å². The van der Waals surface area contributed by atoms with Crippen LogP contribution in [-0.4, -0.2) is 88.3 Å². The third kappa shape index (κ3) is 8.15. The zero-order valence-corrected chi connectivity index (χ0v) is 23.2. The molecule has 4 atom stereocenters. The molecule has 1 unspecified atom stereocenters. The van der Waals surface area contributed by atoms with Gasteiger partial charge in [0.05, 0.1) is 12.9 Å². The Morgan fingerprint density at radius 2 is 1.79 bits per heavy atom. The van der Waals surface area contributed by atoms with E-state index < -0.39 is 46.1 Å². The molecular weight excluding hydrogens is 554 g/mol. The monoisotopic (exact) mass is 586 g/mol. The van der Waals surface area contributed by atoms with Crippen LogP contribution in [0.15, 0.2) is 48.3 Å². The lowest BCUT2D eigenvalue weighted by molar-refractivity contribution is -0.0795. The number of hydrogen-bond donors (Lipinski definition) is 7. The van der Waals surface area contributed by atoms with E-state index in [0.717, 1.165) is 10.1 Å². The zero-order valence-electron chi connectivity index (χ0n) is 21.4. The van der Waals surface area contributed by atoms with Crippen LogP contribution >= 0.6 is 15.2 Å². The Balaban J connectivity index is 1.84. The van der Waals surface area contributed by atoms with Crippen molar-refractivity contribution >= 4 is 38.1 Å². The molecule has 0 fully saturated rings. The van der Waals surface area contributed by atoms with E-state index >= 15 is 0 Å². The van der Waals surface area contributed by atoms with Crippen molar-refractivity contribution < 1.29 is 43.7 Å². The maximum absolute atomic E-state index is 12.0. The lowest BCUT2D eigenvalue weighted by Crippen LogP contribution is -2.37. The van der Waals surface area contributed by atoms with E-state index in [1.165, 1.54) is 19.3 Å². The van der Waals surface area contributed by atoms with Gasteiger partial charge in [0.2, 0.25) is 5.95 Å². The quantitative estimate of drug-likeness (QED) is 0.110. The Labute approximate surface area is 224 Å². The lowest BCUT2D eigenvalue weighted by Gasteiger charge is -2.26. The van der Waals surface area contributed by atoms with Gasteiger partial charge in [-0.3, -0.25) is 13.7 Å². The summed E-state index contributed by atoms with van der Waals surface area (Å²) in [6.45, 7) is 1.14. The van der Waals surface area contributed by atoms with Crippen LogP contribution in [0.5, 0.6) is 0 Å². The fourth-order valence-electron chi connectivity index (χ4n) is 3.54. The van der Waals surface area contributed by atoms with Gasteiger partial charge in [-0.2, -0.15) is 9.97 Å². The van der Waals surface area contributed by atoms with Crippen molar-refractivity contribution in [3.63, 3.8) is 0 Å². The van der Waals surface area contributed by atoms with Crippen LogP contribution in [0.4, 0.5) is 11.8 Å². The second kappa shape index (κ2) is 12.6. The number of benzene rings is 1. The molecule has 7 N–H and O–H groups in total. The third-order valence-corrected chi connectivity index (χ3v) is 9.01. The van der Waals surface area contributed by atoms with Crippen molar-refractivity contribution in [2.75, 3.05) is 36.8 Å². The van der Waals surface area contributed by atoms with Crippen LogP contribution in [0.3, 0.4) is 0 Å². The molecule has 0 aliphatic rings. The van der Waals surface area contributed by atoms with Crippen molar-refractivity contribution in [2.24, 2.45) is 0 Å². The van der Waals surface area contributed by atoms with E-state index in [9.17, 15) is 29.3 Å². The number of fused-ring (bicyclic) bond motifs is 1. The van der Waals surface area contributed by atoms with Crippen molar-refractivity contribution in [3.8, 4) is 0 Å². The molecule has 0 spiro atoms. The van der Waals surface area contributed by atoms with Gasteiger partial charge in [0, 0.05) is 20.6 Å². The summed E-state index contributed by atoms with van der Waals surface area (Å²) >= 11 is 0. The number of nitrogens with zero attached hydrogens (tertiary/aromatic N) is 5. The Morgan fingerprint density at radius 1 is 1.13 bits per heavy atom. The molecule has 214 valence electrons. The highest BCUT2D eigenvalue weighted by molar-refractivity contribution is 7.70. The maximum atomic E-state index is 12.0. The van der Waals surface area contributed by atoms with Gasteiger partial charge in [-0.05, 0) is 18.1 Å². The smallest absolute Gasteiger partial charge is 0.340 e. The van der Waals surface area contributed by atoms with Gasteiger partial charge in [-0.15, -0.1) is 0 Å². The number of aromatic nitrogens is 4. The second-order valence-corrected chi connectivity index (χ2v) is 12.9. The van der Waals surface area contributed by atoms with Gasteiger partial charge in [-0.25, -0.2) is 4.98 Å². The van der Waals surface area contributed by atoms with E-state index in [0.29, 0.717) is 17.9 Å². The van der Waals surface area contributed by atoms with E-state index in [1.54, 1.807) is 19.0 Å². The highest BCUT2D eigenvalue weighted by atomic mass is 31.2. The molecule has 39 heavy (non-hydrogen) atoms. The van der Waals surface area contributed by atoms with Crippen molar-refractivity contribution in [3.05, 3.63) is 53.9 Å².